The molecule has 0 spiro atoms. The van der Waals surface area contributed by atoms with E-state index in [9.17, 15) is 24.8 Å². The molecule has 0 atom stereocenters. The zero-order valence-corrected chi connectivity index (χ0v) is 14.8. The molecule has 0 radical (unpaired) electrons. The van der Waals surface area contributed by atoms with Crippen molar-refractivity contribution in [2.24, 2.45) is 10.2 Å². The van der Waals surface area contributed by atoms with E-state index in [2.05, 4.69) is 15.2 Å². The van der Waals surface area contributed by atoms with Gasteiger partial charge >= 0.3 is 5.97 Å². The molecule has 0 saturated heterocycles. The molecule has 28 heavy (non-hydrogen) atoms. The number of fused-ring (bicyclic) bond motifs is 1. The Balaban J connectivity index is 1.88. The summed E-state index contributed by atoms with van der Waals surface area (Å²) in [5.41, 5.74) is 0.459. The van der Waals surface area contributed by atoms with Gasteiger partial charge in [-0.05, 0) is 31.2 Å². The predicted molar refractivity (Wildman–Crippen MR) is 100.0 cm³/mol. The van der Waals surface area contributed by atoms with Crippen LogP contribution in [0.2, 0.25) is 0 Å². The summed E-state index contributed by atoms with van der Waals surface area (Å²) in [5, 5.41) is 28.1. The number of carbonyl (C=O) groups is 1. The number of azo groups is 1. The molecule has 0 bridgehead atoms. The molecule has 3 aromatic rings. The van der Waals surface area contributed by atoms with Gasteiger partial charge in [0.15, 0.2) is 0 Å². The second-order valence-corrected chi connectivity index (χ2v) is 5.81. The van der Waals surface area contributed by atoms with Gasteiger partial charge in [-0.15, -0.1) is 0 Å². The second-order valence-electron chi connectivity index (χ2n) is 5.81. The normalized spacial score (nSPS) is 11.2. The summed E-state index contributed by atoms with van der Waals surface area (Å²) in [6.07, 6.45) is 1.28. The topological polar surface area (TPSA) is 140 Å². The molecule has 142 valence electrons. The van der Waals surface area contributed by atoms with Gasteiger partial charge in [-0.2, -0.15) is 10.2 Å². The minimum absolute atomic E-state index is 0.0339. The van der Waals surface area contributed by atoms with Crippen LogP contribution in [0.1, 0.15) is 23.0 Å². The Morgan fingerprint density at radius 1 is 1.25 bits per heavy atom. The first kappa shape index (κ1) is 18.8. The molecule has 1 N–H and O–H groups in total. The number of aromatic nitrogens is 2. The van der Waals surface area contributed by atoms with E-state index in [4.69, 9.17) is 0 Å². The minimum atomic E-state index is -1.28. The first-order valence-electron chi connectivity index (χ1n) is 8.29. The Labute approximate surface area is 157 Å². The van der Waals surface area contributed by atoms with Crippen molar-refractivity contribution < 1.29 is 14.8 Å². The van der Waals surface area contributed by atoms with Crippen LogP contribution >= 0.6 is 0 Å². The molecule has 1 aromatic carbocycles. The highest BCUT2D eigenvalue weighted by molar-refractivity contribution is 5.91. The quantitative estimate of drug-likeness (QED) is 0.394. The van der Waals surface area contributed by atoms with Crippen molar-refractivity contribution in [2.45, 2.75) is 20.0 Å². The number of carboxylic acid groups (broad SMARTS) is 1. The van der Waals surface area contributed by atoms with Gasteiger partial charge in [-0.3, -0.25) is 14.9 Å². The van der Waals surface area contributed by atoms with E-state index in [-0.39, 0.29) is 23.2 Å². The Kier molecular flexibility index (Phi) is 5.21. The molecule has 0 aliphatic heterocycles. The molecule has 0 fully saturated rings. The van der Waals surface area contributed by atoms with Crippen molar-refractivity contribution in [3.8, 4) is 0 Å². The fraction of sp³-hybridized carbons (Fsp3) is 0.167. The highest BCUT2D eigenvalue weighted by Gasteiger charge is 2.15. The molecule has 0 amide bonds. The van der Waals surface area contributed by atoms with Crippen molar-refractivity contribution in [1.82, 2.24) is 9.55 Å². The van der Waals surface area contributed by atoms with Crippen LogP contribution in [0.4, 0.5) is 11.4 Å². The van der Waals surface area contributed by atoms with Crippen LogP contribution in [0.15, 0.2) is 57.6 Å². The van der Waals surface area contributed by atoms with Gasteiger partial charge in [0.2, 0.25) is 5.43 Å². The van der Waals surface area contributed by atoms with Gasteiger partial charge < -0.3 is 9.67 Å². The zero-order chi connectivity index (χ0) is 20.3. The number of nitrogens with zero attached hydrogens (tertiary/aromatic N) is 5. The lowest BCUT2D eigenvalue weighted by Gasteiger charge is -2.09. The van der Waals surface area contributed by atoms with E-state index in [1.807, 2.05) is 6.92 Å². The number of aromatic carboxylic acids is 1. The molecule has 10 heteroatoms. The predicted octanol–water partition coefficient (Wildman–Crippen LogP) is 3.31. The van der Waals surface area contributed by atoms with E-state index >= 15 is 0 Å². The van der Waals surface area contributed by atoms with E-state index in [1.165, 1.54) is 36.5 Å². The van der Waals surface area contributed by atoms with Crippen molar-refractivity contribution in [3.05, 3.63) is 74.2 Å². The van der Waals surface area contributed by atoms with Crippen molar-refractivity contribution in [1.29, 1.82) is 0 Å². The smallest absolute Gasteiger partial charge is 0.341 e. The maximum Gasteiger partial charge on any atom is 0.341 e. The molecule has 0 aliphatic carbocycles. The summed E-state index contributed by atoms with van der Waals surface area (Å²) in [5.74, 6) is -1.28. The maximum absolute atomic E-state index is 12.3. The second kappa shape index (κ2) is 7.74. The number of non-ortho nitro benzene ring substituents is 1. The van der Waals surface area contributed by atoms with Crippen LogP contribution in [-0.2, 0) is 13.1 Å². The largest absolute Gasteiger partial charge is 0.477 e. The number of hydrogen-bond donors (Lipinski definition) is 1. The van der Waals surface area contributed by atoms with Crippen molar-refractivity contribution in [2.75, 3.05) is 0 Å². The first-order chi connectivity index (χ1) is 13.4. The minimum Gasteiger partial charge on any atom is -0.477 e. The van der Waals surface area contributed by atoms with Crippen molar-refractivity contribution in [3.63, 3.8) is 0 Å². The summed E-state index contributed by atoms with van der Waals surface area (Å²) >= 11 is 0. The van der Waals surface area contributed by atoms with Gasteiger partial charge in [0.25, 0.3) is 5.69 Å². The van der Waals surface area contributed by atoms with Crippen LogP contribution in [0.5, 0.6) is 0 Å². The number of nitro groups is 1. The van der Waals surface area contributed by atoms with Gasteiger partial charge in [-0.1, -0.05) is 0 Å². The molecular formula is C18H15N5O5. The van der Waals surface area contributed by atoms with E-state index in [0.717, 1.165) is 0 Å². The standard InChI is InChI=1S/C18H15N5O5/c1-2-22-10-15(18(25)26)16(24)14-8-5-12(20-17(14)22)9-19-21-11-3-6-13(7-4-11)23(27)28/h3-8,10H,2,9H2,1H3,(H,25,26). The third-order valence-electron chi connectivity index (χ3n) is 4.03. The van der Waals surface area contributed by atoms with E-state index < -0.39 is 16.3 Å². The molecule has 2 heterocycles. The number of hydrogen-bond acceptors (Lipinski definition) is 7. The Morgan fingerprint density at radius 2 is 1.96 bits per heavy atom. The van der Waals surface area contributed by atoms with Gasteiger partial charge in [0.05, 0.1) is 21.7 Å². The maximum atomic E-state index is 12.3. The summed E-state index contributed by atoms with van der Waals surface area (Å²) in [6, 6.07) is 8.75. The van der Waals surface area contributed by atoms with E-state index in [0.29, 0.717) is 23.6 Å². The van der Waals surface area contributed by atoms with Crippen molar-refractivity contribution >= 4 is 28.4 Å². The molecule has 0 saturated carbocycles. The number of pyridine rings is 2. The van der Waals surface area contributed by atoms with Crippen LogP contribution in [0, 0.1) is 10.1 Å². The Bertz CT molecular complexity index is 1150. The molecule has 0 unspecified atom stereocenters. The molecule has 10 nitrogen and oxygen atoms in total. The lowest BCUT2D eigenvalue weighted by atomic mass is 10.2. The molecule has 0 aliphatic rings. The molecule has 3 rings (SSSR count). The lowest BCUT2D eigenvalue weighted by Crippen LogP contribution is -2.19. The Hall–Kier alpha value is -3.95. The third-order valence-corrected chi connectivity index (χ3v) is 4.03. The van der Waals surface area contributed by atoms with E-state index in [1.54, 1.807) is 10.6 Å². The number of benzene rings is 1. The third kappa shape index (κ3) is 3.75. The van der Waals surface area contributed by atoms with Gasteiger partial charge in [0, 0.05) is 24.9 Å². The van der Waals surface area contributed by atoms with Gasteiger partial charge in [-0.25, -0.2) is 9.78 Å². The highest BCUT2D eigenvalue weighted by atomic mass is 16.6. The number of nitro benzene ring substituents is 1. The van der Waals surface area contributed by atoms with Crippen LogP contribution in [0.25, 0.3) is 11.0 Å². The molecule has 2 aromatic heterocycles. The average Bonchev–Trinajstić information content (AvgIpc) is 2.68. The number of rotatable bonds is 6. The summed E-state index contributed by atoms with van der Waals surface area (Å²) in [7, 11) is 0. The van der Waals surface area contributed by atoms with Crippen LogP contribution in [0.3, 0.4) is 0 Å². The monoisotopic (exact) mass is 381 g/mol. The Morgan fingerprint density at radius 3 is 2.57 bits per heavy atom. The van der Waals surface area contributed by atoms with Crippen LogP contribution < -0.4 is 5.43 Å². The fourth-order valence-electron chi connectivity index (χ4n) is 2.62. The average molecular weight is 381 g/mol. The summed E-state index contributed by atoms with van der Waals surface area (Å²) < 4.78 is 1.59. The number of aryl methyl sites for hydroxylation is 1. The number of carboxylic acids is 1. The van der Waals surface area contributed by atoms with Gasteiger partial charge in [0.1, 0.15) is 17.8 Å². The summed E-state index contributed by atoms with van der Waals surface area (Å²) in [4.78, 5) is 38.1. The SMILES string of the molecule is CCn1cc(C(=O)O)c(=O)c2ccc(CN=Nc3ccc([N+](=O)[O-])cc3)nc21. The first-order valence-corrected chi connectivity index (χ1v) is 8.29. The zero-order valence-electron chi connectivity index (χ0n) is 14.8. The fourth-order valence-corrected chi connectivity index (χ4v) is 2.62. The lowest BCUT2D eigenvalue weighted by molar-refractivity contribution is -0.384. The molecular weight excluding hydrogens is 366 g/mol. The summed E-state index contributed by atoms with van der Waals surface area (Å²) in [6.45, 7) is 2.39. The van der Waals surface area contributed by atoms with Crippen LogP contribution in [-0.4, -0.2) is 25.6 Å². The highest BCUT2D eigenvalue weighted by Crippen LogP contribution is 2.19.